The molecule has 10 nitrogen and oxygen atoms in total. The number of hydrogen-bond acceptors (Lipinski definition) is 7. The summed E-state index contributed by atoms with van der Waals surface area (Å²) in [7, 11) is 0. The lowest BCUT2D eigenvalue weighted by molar-refractivity contribution is -0.139. The largest absolute Gasteiger partial charge is 0.383 e. The Morgan fingerprint density at radius 3 is 2.65 bits per heavy atom. The van der Waals surface area contributed by atoms with Crippen LogP contribution >= 0.6 is 0 Å². The zero-order valence-corrected chi connectivity index (χ0v) is 23.7. The van der Waals surface area contributed by atoms with E-state index >= 15 is 0 Å². The van der Waals surface area contributed by atoms with Gasteiger partial charge < -0.3 is 16.0 Å². The Kier molecular flexibility index (Phi) is 6.04. The zero-order valence-electron chi connectivity index (χ0n) is 23.7. The van der Waals surface area contributed by atoms with Gasteiger partial charge in [0.1, 0.15) is 11.3 Å². The van der Waals surface area contributed by atoms with Crippen molar-refractivity contribution in [3.05, 3.63) is 78.2 Å². The van der Waals surface area contributed by atoms with Crippen molar-refractivity contribution in [1.29, 1.82) is 0 Å². The number of rotatable bonds is 6. The van der Waals surface area contributed by atoms with Crippen molar-refractivity contribution in [3.63, 3.8) is 0 Å². The fourth-order valence-corrected chi connectivity index (χ4v) is 6.57. The molecule has 0 unspecified atom stereocenters. The smallest absolute Gasteiger partial charge is 0.260 e. The van der Waals surface area contributed by atoms with Gasteiger partial charge in [0.25, 0.3) is 5.91 Å². The van der Waals surface area contributed by atoms with Crippen LogP contribution in [0.2, 0.25) is 0 Å². The number of carbonyl (C=O) groups excluding carboxylic acids is 1. The van der Waals surface area contributed by atoms with E-state index in [-0.39, 0.29) is 11.9 Å². The Morgan fingerprint density at radius 2 is 1.88 bits per heavy atom. The molecule has 1 aliphatic heterocycles. The molecule has 1 atom stereocenters. The van der Waals surface area contributed by atoms with Crippen molar-refractivity contribution >= 4 is 22.9 Å². The number of piperidine rings is 1. The molecule has 1 aromatic carbocycles. The number of likely N-dealkylation sites (tertiary alicyclic amines) is 1. The first-order chi connectivity index (χ1) is 21.0. The number of nitrogens with two attached hydrogens (primary N) is 1. The van der Waals surface area contributed by atoms with Crippen LogP contribution in [0.3, 0.4) is 0 Å². The quantitative estimate of drug-likeness (QED) is 0.308. The first-order valence-electron chi connectivity index (χ1n) is 14.9. The zero-order chi connectivity index (χ0) is 29.1. The van der Waals surface area contributed by atoms with E-state index in [1.807, 2.05) is 36.5 Å². The molecule has 5 aromatic rings. The van der Waals surface area contributed by atoms with Crippen molar-refractivity contribution in [2.24, 2.45) is 0 Å². The second-order valence-corrected chi connectivity index (χ2v) is 11.8. The lowest BCUT2D eigenvalue weighted by Crippen LogP contribution is -2.48. The lowest BCUT2D eigenvalue weighted by atomic mass is 10.0. The molecule has 43 heavy (non-hydrogen) atoms. The molecule has 3 N–H and O–H groups in total. The number of anilines is 1. The number of benzene rings is 1. The van der Waals surface area contributed by atoms with Crippen molar-refractivity contribution in [1.82, 2.24) is 39.5 Å². The minimum atomic E-state index is -1.58. The van der Waals surface area contributed by atoms with Gasteiger partial charge in [-0.25, -0.2) is 24.0 Å². The van der Waals surface area contributed by atoms with E-state index in [0.717, 1.165) is 42.5 Å². The van der Waals surface area contributed by atoms with Crippen LogP contribution in [0.4, 0.5) is 10.2 Å². The number of nitrogens with one attached hydrogen (secondary N) is 1. The molecule has 2 fully saturated rings. The summed E-state index contributed by atoms with van der Waals surface area (Å²) >= 11 is 0. The van der Waals surface area contributed by atoms with Gasteiger partial charge in [-0.15, -0.1) is 0 Å². The fourth-order valence-electron chi connectivity index (χ4n) is 6.57. The maximum atomic E-state index is 14.3. The van der Waals surface area contributed by atoms with Crippen molar-refractivity contribution in [2.75, 3.05) is 18.8 Å². The SMILES string of the molecule is Nc1ncccc1-c1nc2ccc(-n3cccn3)nc2n1-c1ccc2c(c1)CC[C@@H]2NC1CCN(C(=O)C2(F)CC2)CC1. The van der Waals surface area contributed by atoms with Crippen LogP contribution in [0.5, 0.6) is 0 Å². The van der Waals surface area contributed by atoms with Crippen molar-refractivity contribution in [3.8, 4) is 22.9 Å². The molecule has 8 rings (SSSR count). The van der Waals surface area contributed by atoms with E-state index in [2.05, 4.69) is 38.2 Å². The molecule has 0 radical (unpaired) electrons. The third-order valence-corrected chi connectivity index (χ3v) is 9.06. The average Bonchev–Trinajstić information content (AvgIpc) is 3.39. The van der Waals surface area contributed by atoms with E-state index in [1.165, 1.54) is 11.1 Å². The monoisotopic (exact) mass is 577 g/mol. The Balaban J connectivity index is 1.10. The molecule has 5 heterocycles. The molecule has 0 bridgehead atoms. The van der Waals surface area contributed by atoms with Crippen LogP contribution in [0.15, 0.2) is 67.1 Å². The minimum Gasteiger partial charge on any atom is -0.383 e. The van der Waals surface area contributed by atoms with Crippen LogP contribution in [-0.2, 0) is 11.2 Å². The first-order valence-corrected chi connectivity index (χ1v) is 14.9. The molecule has 1 saturated carbocycles. The van der Waals surface area contributed by atoms with Gasteiger partial charge in [-0.2, -0.15) is 5.10 Å². The Hall–Kier alpha value is -4.64. The maximum absolute atomic E-state index is 14.3. The number of hydrogen-bond donors (Lipinski definition) is 2. The molecule has 1 saturated heterocycles. The summed E-state index contributed by atoms with van der Waals surface area (Å²) in [6, 6.07) is 16.6. The molecule has 11 heteroatoms. The average molecular weight is 578 g/mol. The highest BCUT2D eigenvalue weighted by molar-refractivity contribution is 5.88. The van der Waals surface area contributed by atoms with Gasteiger partial charge in [0.2, 0.25) is 0 Å². The van der Waals surface area contributed by atoms with Gasteiger partial charge in [0.05, 0.1) is 5.56 Å². The Labute approximate surface area is 247 Å². The molecule has 218 valence electrons. The highest BCUT2D eigenvalue weighted by Gasteiger charge is 2.53. The van der Waals surface area contributed by atoms with E-state index in [9.17, 15) is 9.18 Å². The molecule has 2 aliphatic carbocycles. The summed E-state index contributed by atoms with van der Waals surface area (Å²) in [5, 5.41) is 8.20. The first kappa shape index (κ1) is 26.0. The summed E-state index contributed by atoms with van der Waals surface area (Å²) in [5.41, 5.74) is 10.5. The number of fused-ring (bicyclic) bond motifs is 2. The summed E-state index contributed by atoms with van der Waals surface area (Å²) in [6.07, 6.45) is 9.65. The number of imidazole rings is 1. The topological polar surface area (TPSA) is 120 Å². The Morgan fingerprint density at radius 1 is 1.02 bits per heavy atom. The van der Waals surface area contributed by atoms with E-state index in [4.69, 9.17) is 15.7 Å². The molecular weight excluding hydrogens is 545 g/mol. The molecule has 3 aliphatic rings. The maximum Gasteiger partial charge on any atom is 0.260 e. The van der Waals surface area contributed by atoms with Crippen LogP contribution in [-0.4, -0.2) is 64.9 Å². The summed E-state index contributed by atoms with van der Waals surface area (Å²) in [6.45, 7) is 1.23. The van der Waals surface area contributed by atoms with Crippen molar-refractivity contribution < 1.29 is 9.18 Å². The van der Waals surface area contributed by atoms with Gasteiger partial charge in [-0.3, -0.25) is 9.36 Å². The van der Waals surface area contributed by atoms with E-state index in [1.54, 1.807) is 22.0 Å². The van der Waals surface area contributed by atoms with Gasteiger partial charge in [-0.1, -0.05) is 6.07 Å². The standard InChI is InChI=1S/C32H32FN9O/c33-32(12-13-32)31(43)40-17-10-21(11-18-40)37-25-7-4-20-19-22(5-6-23(20)25)42-29(24-3-1-14-35-28(24)34)38-26-8-9-27(39-30(26)42)41-16-2-15-36-41/h1-3,5-6,8-9,14-16,19,21,25,37H,4,7,10-13,17-18H2,(H2,34,35)/t25-/m0/s1. The number of pyridine rings is 2. The summed E-state index contributed by atoms with van der Waals surface area (Å²) in [5.74, 6) is 1.47. The number of alkyl halides is 1. The molecule has 1 amide bonds. The van der Waals surface area contributed by atoms with Crippen LogP contribution in [0.25, 0.3) is 34.1 Å². The van der Waals surface area contributed by atoms with Crippen LogP contribution < -0.4 is 11.1 Å². The third-order valence-electron chi connectivity index (χ3n) is 9.06. The summed E-state index contributed by atoms with van der Waals surface area (Å²) in [4.78, 5) is 28.4. The fraction of sp³-hybridized carbons (Fsp3) is 0.344. The highest BCUT2D eigenvalue weighted by Crippen LogP contribution is 2.42. The number of aromatic nitrogens is 6. The molecule has 0 spiro atoms. The van der Waals surface area contributed by atoms with Gasteiger partial charge in [0.15, 0.2) is 23.0 Å². The predicted molar refractivity (Wildman–Crippen MR) is 161 cm³/mol. The van der Waals surface area contributed by atoms with Crippen LogP contribution in [0, 0.1) is 0 Å². The number of halogens is 1. The van der Waals surface area contributed by atoms with E-state index in [0.29, 0.717) is 55.1 Å². The Bertz CT molecular complexity index is 1840. The molecule has 4 aromatic heterocycles. The van der Waals surface area contributed by atoms with Gasteiger partial charge in [0, 0.05) is 49.5 Å². The number of nitrogens with zero attached hydrogens (tertiary/aromatic N) is 7. The predicted octanol–water partition coefficient (Wildman–Crippen LogP) is 4.32. The lowest BCUT2D eigenvalue weighted by Gasteiger charge is -2.34. The summed E-state index contributed by atoms with van der Waals surface area (Å²) < 4.78 is 18.1. The minimum absolute atomic E-state index is 0.241. The van der Waals surface area contributed by atoms with Crippen molar-refractivity contribution in [2.45, 2.75) is 56.3 Å². The second kappa shape index (κ2) is 9.98. The van der Waals surface area contributed by atoms with Gasteiger partial charge >= 0.3 is 0 Å². The normalized spacial score (nSPS) is 19.6. The number of nitrogen functional groups attached to an aromatic ring is 1. The third kappa shape index (κ3) is 4.55. The number of amides is 1. The van der Waals surface area contributed by atoms with Gasteiger partial charge in [-0.05, 0) is 92.1 Å². The second-order valence-electron chi connectivity index (χ2n) is 11.8. The molecular formula is C32H32FN9O. The number of carbonyl (C=O) groups is 1. The highest BCUT2D eigenvalue weighted by atomic mass is 19.1. The van der Waals surface area contributed by atoms with E-state index < -0.39 is 5.67 Å². The van der Waals surface area contributed by atoms with Crippen LogP contribution in [0.1, 0.15) is 49.3 Å². The number of aryl methyl sites for hydroxylation is 1.